The Morgan fingerprint density at radius 2 is 1.74 bits per heavy atom. The number of rotatable bonds is 5. The number of hydrogen-bond donors (Lipinski definition) is 4. The number of nitrogens with one attached hydrogen (secondary N) is 2. The van der Waals surface area contributed by atoms with E-state index in [2.05, 4.69) is 10.6 Å². The zero-order chi connectivity index (χ0) is 15.2. The molecule has 0 radical (unpaired) electrons. The van der Waals surface area contributed by atoms with Crippen molar-refractivity contribution in [2.24, 2.45) is 0 Å². The molecule has 0 aromatic carbocycles. The third kappa shape index (κ3) is 7.24. The van der Waals surface area contributed by atoms with Gasteiger partial charge in [-0.2, -0.15) is 0 Å². The summed E-state index contributed by atoms with van der Waals surface area (Å²) in [6.07, 6.45) is -0.786. The summed E-state index contributed by atoms with van der Waals surface area (Å²) in [4.78, 5) is 33.6. The number of ether oxygens (including phenoxy) is 1. The van der Waals surface area contributed by atoms with Crippen LogP contribution in [-0.2, 0) is 14.3 Å². The first-order chi connectivity index (χ1) is 8.56. The predicted octanol–water partition coefficient (Wildman–Crippen LogP) is -0.539. The van der Waals surface area contributed by atoms with E-state index in [1.165, 1.54) is 6.92 Å². The Labute approximate surface area is 111 Å². The number of carboxylic acid groups (broad SMARTS) is 1. The molecule has 0 aliphatic rings. The molecular weight excluding hydrogens is 256 g/mol. The average Bonchev–Trinajstić information content (AvgIpc) is 2.21. The molecule has 0 aliphatic heterocycles. The molecule has 0 aliphatic carbocycles. The van der Waals surface area contributed by atoms with E-state index < -0.39 is 42.3 Å². The van der Waals surface area contributed by atoms with Crippen molar-refractivity contribution in [2.75, 3.05) is 6.61 Å². The zero-order valence-electron chi connectivity index (χ0n) is 11.4. The third-order valence-electron chi connectivity index (χ3n) is 1.92. The minimum absolute atomic E-state index is 0.699. The highest BCUT2D eigenvalue weighted by molar-refractivity contribution is 5.88. The van der Waals surface area contributed by atoms with Crippen LogP contribution in [0.5, 0.6) is 0 Å². The van der Waals surface area contributed by atoms with Crippen LogP contribution >= 0.6 is 0 Å². The van der Waals surface area contributed by atoms with E-state index in [9.17, 15) is 14.4 Å². The Balaban J connectivity index is 4.35. The number of hydrogen-bond acceptors (Lipinski definition) is 5. The van der Waals surface area contributed by atoms with Gasteiger partial charge in [-0.1, -0.05) is 0 Å². The second kappa shape index (κ2) is 6.93. The standard InChI is InChI=1S/C11H20N2O6/c1-6(12-10(18)19-11(2,3)4)8(15)13-7(5-14)9(16)17/h6-7,14H,5H2,1-4H3,(H,12,18)(H,13,15)(H,16,17). The van der Waals surface area contributed by atoms with Gasteiger partial charge in [0.15, 0.2) is 0 Å². The quantitative estimate of drug-likeness (QED) is 0.534. The van der Waals surface area contributed by atoms with Gasteiger partial charge < -0.3 is 25.6 Å². The molecule has 2 amide bonds. The van der Waals surface area contributed by atoms with Crippen LogP contribution in [0.25, 0.3) is 0 Å². The highest BCUT2D eigenvalue weighted by Crippen LogP contribution is 2.06. The molecular formula is C11H20N2O6. The summed E-state index contributed by atoms with van der Waals surface area (Å²) in [7, 11) is 0. The van der Waals surface area contributed by atoms with Crippen LogP contribution in [0, 0.1) is 0 Å². The Morgan fingerprint density at radius 3 is 2.11 bits per heavy atom. The van der Waals surface area contributed by atoms with Crippen LogP contribution in [0.3, 0.4) is 0 Å². The molecule has 0 saturated carbocycles. The Kier molecular flexibility index (Phi) is 6.26. The summed E-state index contributed by atoms with van der Waals surface area (Å²) < 4.78 is 4.94. The van der Waals surface area contributed by atoms with Gasteiger partial charge in [-0.15, -0.1) is 0 Å². The van der Waals surface area contributed by atoms with Gasteiger partial charge in [-0.3, -0.25) is 4.79 Å². The topological polar surface area (TPSA) is 125 Å². The van der Waals surface area contributed by atoms with Crippen molar-refractivity contribution in [1.29, 1.82) is 0 Å². The van der Waals surface area contributed by atoms with Gasteiger partial charge in [0, 0.05) is 0 Å². The lowest BCUT2D eigenvalue weighted by atomic mass is 10.2. The molecule has 2 atom stereocenters. The summed E-state index contributed by atoms with van der Waals surface area (Å²) >= 11 is 0. The van der Waals surface area contributed by atoms with Crippen molar-refractivity contribution in [3.63, 3.8) is 0 Å². The summed E-state index contributed by atoms with van der Waals surface area (Å²) in [6, 6.07) is -2.39. The van der Waals surface area contributed by atoms with Gasteiger partial charge in [0.2, 0.25) is 5.91 Å². The van der Waals surface area contributed by atoms with Gasteiger partial charge in [0.25, 0.3) is 0 Å². The number of carboxylic acids is 1. The second-order valence-electron chi connectivity index (χ2n) is 4.95. The lowest BCUT2D eigenvalue weighted by molar-refractivity contribution is -0.143. The normalized spacial score (nSPS) is 14.2. The first-order valence-corrected chi connectivity index (χ1v) is 5.70. The van der Waals surface area contributed by atoms with Gasteiger partial charge in [-0.05, 0) is 27.7 Å². The van der Waals surface area contributed by atoms with Crippen molar-refractivity contribution in [3.05, 3.63) is 0 Å². The molecule has 19 heavy (non-hydrogen) atoms. The smallest absolute Gasteiger partial charge is 0.408 e. The molecule has 4 N–H and O–H groups in total. The number of carbonyl (C=O) groups excluding carboxylic acids is 2. The van der Waals surface area contributed by atoms with E-state index in [4.69, 9.17) is 14.9 Å². The number of aliphatic hydroxyl groups excluding tert-OH is 1. The summed E-state index contributed by atoms with van der Waals surface area (Å²) in [5.74, 6) is -2.09. The maximum atomic E-state index is 11.6. The van der Waals surface area contributed by atoms with E-state index in [1.807, 2.05) is 0 Å². The number of carbonyl (C=O) groups is 3. The van der Waals surface area contributed by atoms with Crippen molar-refractivity contribution in [3.8, 4) is 0 Å². The predicted molar refractivity (Wildman–Crippen MR) is 65.5 cm³/mol. The summed E-state index contributed by atoms with van der Waals surface area (Å²) in [6.45, 7) is 5.65. The molecule has 0 aromatic heterocycles. The maximum absolute atomic E-state index is 11.6. The molecule has 8 heteroatoms. The Hall–Kier alpha value is -1.83. The molecule has 0 fully saturated rings. The Morgan fingerprint density at radius 1 is 1.21 bits per heavy atom. The van der Waals surface area contributed by atoms with Crippen LogP contribution < -0.4 is 10.6 Å². The van der Waals surface area contributed by atoms with E-state index in [0.717, 1.165) is 0 Å². The van der Waals surface area contributed by atoms with Gasteiger partial charge >= 0.3 is 12.1 Å². The first-order valence-electron chi connectivity index (χ1n) is 5.70. The van der Waals surface area contributed by atoms with E-state index in [-0.39, 0.29) is 0 Å². The molecule has 2 unspecified atom stereocenters. The van der Waals surface area contributed by atoms with Crippen molar-refractivity contribution in [1.82, 2.24) is 10.6 Å². The lowest BCUT2D eigenvalue weighted by Gasteiger charge is -2.22. The molecule has 8 nitrogen and oxygen atoms in total. The first kappa shape index (κ1) is 17.2. The molecule has 0 aromatic rings. The van der Waals surface area contributed by atoms with Gasteiger partial charge in [0.05, 0.1) is 6.61 Å². The van der Waals surface area contributed by atoms with Crippen molar-refractivity contribution >= 4 is 18.0 Å². The number of aliphatic carboxylic acids is 1. The molecule has 0 spiro atoms. The molecule has 0 saturated heterocycles. The van der Waals surface area contributed by atoms with E-state index in [0.29, 0.717) is 0 Å². The molecule has 0 bridgehead atoms. The van der Waals surface area contributed by atoms with Crippen molar-refractivity contribution < 1.29 is 29.3 Å². The van der Waals surface area contributed by atoms with Crippen LogP contribution in [-0.4, -0.2) is 52.5 Å². The van der Waals surface area contributed by atoms with Gasteiger partial charge in [-0.25, -0.2) is 9.59 Å². The van der Waals surface area contributed by atoms with Crippen LogP contribution in [0.4, 0.5) is 4.79 Å². The minimum atomic E-state index is -1.41. The zero-order valence-corrected chi connectivity index (χ0v) is 11.4. The number of aliphatic hydroxyl groups is 1. The SMILES string of the molecule is CC(NC(=O)OC(C)(C)C)C(=O)NC(CO)C(=O)O. The van der Waals surface area contributed by atoms with Crippen molar-refractivity contribution in [2.45, 2.75) is 45.4 Å². The molecule has 110 valence electrons. The van der Waals surface area contributed by atoms with E-state index in [1.54, 1.807) is 20.8 Å². The number of alkyl carbamates (subject to hydrolysis) is 1. The Bertz CT molecular complexity index is 350. The monoisotopic (exact) mass is 276 g/mol. The average molecular weight is 276 g/mol. The number of amides is 2. The van der Waals surface area contributed by atoms with Gasteiger partial charge in [0.1, 0.15) is 17.7 Å². The highest BCUT2D eigenvalue weighted by Gasteiger charge is 2.24. The fraction of sp³-hybridized carbons (Fsp3) is 0.727. The summed E-state index contributed by atoms with van der Waals surface area (Å²) in [5, 5.41) is 21.7. The summed E-state index contributed by atoms with van der Waals surface area (Å²) in [5.41, 5.74) is -0.699. The lowest BCUT2D eigenvalue weighted by Crippen LogP contribution is -2.52. The maximum Gasteiger partial charge on any atom is 0.408 e. The third-order valence-corrected chi connectivity index (χ3v) is 1.92. The highest BCUT2D eigenvalue weighted by atomic mass is 16.6. The van der Waals surface area contributed by atoms with Crippen LogP contribution in [0.1, 0.15) is 27.7 Å². The molecule has 0 heterocycles. The second-order valence-corrected chi connectivity index (χ2v) is 4.95. The van der Waals surface area contributed by atoms with Crippen LogP contribution in [0.2, 0.25) is 0 Å². The molecule has 0 rings (SSSR count). The van der Waals surface area contributed by atoms with E-state index >= 15 is 0 Å². The minimum Gasteiger partial charge on any atom is -0.480 e. The van der Waals surface area contributed by atoms with Crippen LogP contribution in [0.15, 0.2) is 0 Å². The fourth-order valence-corrected chi connectivity index (χ4v) is 1.03. The largest absolute Gasteiger partial charge is 0.480 e. The fourth-order valence-electron chi connectivity index (χ4n) is 1.03.